The van der Waals surface area contributed by atoms with Crippen molar-refractivity contribution in [3.63, 3.8) is 0 Å². The smallest absolute Gasteiger partial charge is 0.196 e. The molecule has 0 heterocycles. The molecule has 0 saturated heterocycles. The van der Waals surface area contributed by atoms with E-state index < -0.39 is 0 Å². The Labute approximate surface area is 137 Å². The minimum absolute atomic E-state index is 0.0518. The van der Waals surface area contributed by atoms with Crippen LogP contribution >= 0.6 is 0 Å². The summed E-state index contributed by atoms with van der Waals surface area (Å²) in [4.78, 5) is 12.8. The van der Waals surface area contributed by atoms with Crippen molar-refractivity contribution < 1.29 is 14.6 Å². The Morgan fingerprint density at radius 1 is 1.13 bits per heavy atom. The lowest BCUT2D eigenvalue weighted by atomic mass is 9.99. The van der Waals surface area contributed by atoms with Gasteiger partial charge in [0.15, 0.2) is 5.78 Å². The molecule has 122 valence electrons. The summed E-state index contributed by atoms with van der Waals surface area (Å²) in [5.41, 5.74) is 2.29. The molecule has 3 nitrogen and oxygen atoms in total. The lowest BCUT2D eigenvalue weighted by Crippen LogP contribution is -2.22. The molecule has 3 heteroatoms. The second kappa shape index (κ2) is 8.49. The zero-order chi connectivity index (χ0) is 16.7. The lowest BCUT2D eigenvalue weighted by Gasteiger charge is -2.19. The number of aliphatic hydroxyl groups excluding tert-OH is 1. The number of benzene rings is 2. The highest BCUT2D eigenvalue weighted by molar-refractivity contribution is 6.10. The van der Waals surface area contributed by atoms with E-state index in [9.17, 15) is 9.90 Å². The molecule has 1 N–H and O–H groups in total. The third-order valence-electron chi connectivity index (χ3n) is 3.84. The summed E-state index contributed by atoms with van der Waals surface area (Å²) in [5.74, 6) is 0.493. The fourth-order valence-corrected chi connectivity index (χ4v) is 2.51. The monoisotopic (exact) mass is 312 g/mol. The first-order valence-corrected chi connectivity index (χ1v) is 8.19. The van der Waals surface area contributed by atoms with Crippen LogP contribution in [0.5, 0.6) is 5.75 Å². The van der Waals surface area contributed by atoms with Crippen molar-refractivity contribution in [1.82, 2.24) is 0 Å². The van der Waals surface area contributed by atoms with E-state index in [-0.39, 0.29) is 18.5 Å². The Bertz CT molecular complexity index is 635. The molecule has 0 spiro atoms. The zero-order valence-corrected chi connectivity index (χ0v) is 13.8. The van der Waals surface area contributed by atoms with Gasteiger partial charge in [0, 0.05) is 5.56 Å². The van der Waals surface area contributed by atoms with Gasteiger partial charge in [0.2, 0.25) is 0 Å². The highest BCUT2D eigenvalue weighted by atomic mass is 16.5. The molecule has 2 rings (SSSR count). The van der Waals surface area contributed by atoms with E-state index in [4.69, 9.17) is 4.74 Å². The number of carbonyl (C=O) groups excluding carboxylic acids is 1. The van der Waals surface area contributed by atoms with E-state index in [1.165, 1.54) is 0 Å². The highest BCUT2D eigenvalue weighted by Gasteiger charge is 2.18. The summed E-state index contributed by atoms with van der Waals surface area (Å²) in [6.45, 7) is 4.05. The van der Waals surface area contributed by atoms with E-state index in [0.717, 1.165) is 24.8 Å². The molecular weight excluding hydrogens is 288 g/mol. The fraction of sp³-hybridized carbons (Fsp3) is 0.350. The average Bonchev–Trinajstić information content (AvgIpc) is 2.61. The van der Waals surface area contributed by atoms with Crippen molar-refractivity contribution in [2.75, 3.05) is 6.61 Å². The molecule has 0 aliphatic carbocycles. The summed E-state index contributed by atoms with van der Waals surface area (Å²) >= 11 is 0. The summed E-state index contributed by atoms with van der Waals surface area (Å²) in [6.07, 6.45) is 2.24. The number of carbonyl (C=O) groups is 1. The van der Waals surface area contributed by atoms with Gasteiger partial charge in [-0.25, -0.2) is 0 Å². The van der Waals surface area contributed by atoms with Crippen LogP contribution in [0.4, 0.5) is 0 Å². The molecule has 2 aromatic rings. The van der Waals surface area contributed by atoms with Crippen LogP contribution < -0.4 is 4.74 Å². The predicted molar refractivity (Wildman–Crippen MR) is 92.1 cm³/mol. The zero-order valence-electron chi connectivity index (χ0n) is 13.8. The molecule has 0 amide bonds. The number of hydrogen-bond donors (Lipinski definition) is 1. The van der Waals surface area contributed by atoms with Crippen molar-refractivity contribution >= 4 is 5.78 Å². The van der Waals surface area contributed by atoms with E-state index in [2.05, 4.69) is 6.92 Å². The van der Waals surface area contributed by atoms with Gasteiger partial charge in [-0.2, -0.15) is 0 Å². The van der Waals surface area contributed by atoms with Gasteiger partial charge in [0.1, 0.15) is 11.9 Å². The van der Waals surface area contributed by atoms with Crippen LogP contribution in [0.25, 0.3) is 0 Å². The average molecular weight is 312 g/mol. The predicted octanol–water partition coefficient (Wildman–Crippen LogP) is 4.02. The van der Waals surface area contributed by atoms with Gasteiger partial charge in [0.25, 0.3) is 0 Å². The van der Waals surface area contributed by atoms with Crippen molar-refractivity contribution in [3.05, 3.63) is 65.2 Å². The Hall–Kier alpha value is -2.13. The molecule has 0 aromatic heterocycles. The molecule has 0 radical (unpaired) electrons. The Balaban J connectivity index is 2.37. The van der Waals surface area contributed by atoms with Gasteiger partial charge < -0.3 is 9.84 Å². The quantitative estimate of drug-likeness (QED) is 0.749. The molecule has 1 unspecified atom stereocenters. The van der Waals surface area contributed by atoms with E-state index in [0.29, 0.717) is 16.9 Å². The summed E-state index contributed by atoms with van der Waals surface area (Å²) < 4.78 is 5.91. The number of ether oxygens (including phenoxy) is 1. The van der Waals surface area contributed by atoms with Gasteiger partial charge in [-0.15, -0.1) is 0 Å². The first-order valence-electron chi connectivity index (χ1n) is 8.19. The van der Waals surface area contributed by atoms with Crippen molar-refractivity contribution in [2.24, 2.45) is 0 Å². The van der Waals surface area contributed by atoms with Crippen molar-refractivity contribution in [1.29, 1.82) is 0 Å². The first kappa shape index (κ1) is 17.2. The molecule has 0 saturated carbocycles. The van der Waals surface area contributed by atoms with E-state index >= 15 is 0 Å². The lowest BCUT2D eigenvalue weighted by molar-refractivity contribution is 0.0980. The molecular formula is C20H24O3. The maximum Gasteiger partial charge on any atom is 0.196 e. The van der Waals surface area contributed by atoms with E-state index in [1.54, 1.807) is 12.1 Å². The van der Waals surface area contributed by atoms with Gasteiger partial charge in [0.05, 0.1) is 12.2 Å². The highest BCUT2D eigenvalue weighted by Crippen LogP contribution is 2.25. The van der Waals surface area contributed by atoms with Gasteiger partial charge in [-0.1, -0.05) is 56.7 Å². The number of ketones is 1. The minimum atomic E-state index is -0.283. The van der Waals surface area contributed by atoms with Crippen LogP contribution in [0, 0.1) is 0 Å². The maximum atomic E-state index is 12.8. The Morgan fingerprint density at radius 2 is 1.87 bits per heavy atom. The van der Waals surface area contributed by atoms with Gasteiger partial charge in [-0.05, 0) is 30.5 Å². The second-order valence-corrected chi connectivity index (χ2v) is 5.59. The minimum Gasteiger partial charge on any atom is -0.487 e. The van der Waals surface area contributed by atoms with Crippen molar-refractivity contribution in [2.45, 2.75) is 39.2 Å². The molecule has 1 atom stereocenters. The fourth-order valence-electron chi connectivity index (χ4n) is 2.51. The normalized spacial score (nSPS) is 12.0. The maximum absolute atomic E-state index is 12.8. The topological polar surface area (TPSA) is 46.5 Å². The van der Waals surface area contributed by atoms with Gasteiger partial charge >= 0.3 is 0 Å². The number of aliphatic hydroxyl groups is 1. The molecule has 0 fully saturated rings. The Kier molecular flexibility index (Phi) is 6.36. The number of rotatable bonds is 8. The van der Waals surface area contributed by atoms with Crippen LogP contribution in [0.3, 0.4) is 0 Å². The summed E-state index contributed by atoms with van der Waals surface area (Å²) in [6, 6.07) is 14.9. The van der Waals surface area contributed by atoms with Crippen molar-refractivity contribution in [3.8, 4) is 5.75 Å². The second-order valence-electron chi connectivity index (χ2n) is 5.59. The van der Waals surface area contributed by atoms with Crippen LogP contribution in [0.15, 0.2) is 48.5 Å². The molecule has 0 bridgehead atoms. The van der Waals surface area contributed by atoms with Gasteiger partial charge in [-0.3, -0.25) is 4.79 Å². The SMILES string of the molecule is CCCC(CO)Oc1ccc(CC)cc1C(=O)c1ccccc1. The number of aryl methyl sites for hydroxylation is 1. The molecule has 0 aliphatic heterocycles. The standard InChI is InChI=1S/C20H24O3/c1-3-8-17(14-21)23-19-12-11-15(4-2)13-18(19)20(22)16-9-6-5-7-10-16/h5-7,9-13,17,21H,3-4,8,14H2,1-2H3. The molecule has 2 aromatic carbocycles. The molecule has 0 aliphatic rings. The van der Waals surface area contributed by atoms with Crippen LogP contribution in [-0.4, -0.2) is 23.6 Å². The molecule has 23 heavy (non-hydrogen) atoms. The summed E-state index contributed by atoms with van der Waals surface area (Å²) in [7, 11) is 0. The summed E-state index contributed by atoms with van der Waals surface area (Å²) in [5, 5.41) is 9.46. The Morgan fingerprint density at radius 3 is 2.48 bits per heavy atom. The number of hydrogen-bond acceptors (Lipinski definition) is 3. The third-order valence-corrected chi connectivity index (χ3v) is 3.84. The van der Waals surface area contributed by atoms with E-state index in [1.807, 2.05) is 43.3 Å². The first-order chi connectivity index (χ1) is 11.2. The third kappa shape index (κ3) is 4.42. The van der Waals surface area contributed by atoms with Crippen LogP contribution in [0.1, 0.15) is 48.2 Å². The largest absolute Gasteiger partial charge is 0.487 e. The van der Waals surface area contributed by atoms with Crippen LogP contribution in [0.2, 0.25) is 0 Å². The van der Waals surface area contributed by atoms with Crippen LogP contribution in [-0.2, 0) is 6.42 Å².